The van der Waals surface area contributed by atoms with Gasteiger partial charge in [-0.25, -0.2) is 0 Å². The van der Waals surface area contributed by atoms with Crippen LogP contribution in [-0.2, 0) is 0 Å². The lowest BCUT2D eigenvalue weighted by atomic mass is 9.96. The minimum Gasteiger partial charge on any atom is -0.310 e. The highest BCUT2D eigenvalue weighted by molar-refractivity contribution is 5.34. The molecule has 1 atom stereocenters. The van der Waals surface area contributed by atoms with E-state index >= 15 is 0 Å². The maximum absolute atomic E-state index is 10.6. The Bertz CT molecular complexity index is 439. The average Bonchev–Trinajstić information content (AvgIpc) is 2.46. The van der Waals surface area contributed by atoms with Gasteiger partial charge in [0.1, 0.15) is 0 Å². The van der Waals surface area contributed by atoms with E-state index in [4.69, 9.17) is 0 Å². The molecule has 2 rings (SSSR count). The third-order valence-electron chi connectivity index (χ3n) is 4.15. The molecule has 20 heavy (non-hydrogen) atoms. The molecule has 110 valence electrons. The molecule has 1 aliphatic rings. The van der Waals surface area contributed by atoms with Gasteiger partial charge >= 0.3 is 0 Å². The number of piperidine rings is 1. The maximum atomic E-state index is 10.6. The van der Waals surface area contributed by atoms with E-state index in [0.29, 0.717) is 0 Å². The van der Waals surface area contributed by atoms with Crippen LogP contribution in [-0.4, -0.2) is 36.5 Å². The summed E-state index contributed by atoms with van der Waals surface area (Å²) in [5.41, 5.74) is 1.25. The molecule has 0 radical (unpaired) electrons. The number of nitro groups is 1. The number of likely N-dealkylation sites (tertiary alicyclic amines) is 1. The van der Waals surface area contributed by atoms with Crippen LogP contribution in [0.25, 0.3) is 0 Å². The first-order chi connectivity index (χ1) is 9.56. The number of hydrogen-bond donors (Lipinski definition) is 1. The molecule has 1 heterocycles. The minimum atomic E-state index is -0.361. The van der Waals surface area contributed by atoms with E-state index < -0.39 is 0 Å². The van der Waals surface area contributed by atoms with Crippen molar-refractivity contribution in [1.82, 2.24) is 10.2 Å². The molecule has 5 heteroatoms. The second-order valence-corrected chi connectivity index (χ2v) is 5.73. The smallest absolute Gasteiger partial charge is 0.269 e. The van der Waals surface area contributed by atoms with E-state index in [2.05, 4.69) is 24.2 Å². The molecule has 1 aromatic rings. The second-order valence-electron chi connectivity index (χ2n) is 5.73. The summed E-state index contributed by atoms with van der Waals surface area (Å²) in [6.45, 7) is 5.48. The Morgan fingerprint density at radius 2 is 1.95 bits per heavy atom. The lowest BCUT2D eigenvalue weighted by molar-refractivity contribution is -0.384. The van der Waals surface area contributed by atoms with Crippen LogP contribution >= 0.6 is 0 Å². The summed E-state index contributed by atoms with van der Waals surface area (Å²) in [4.78, 5) is 12.6. The van der Waals surface area contributed by atoms with E-state index in [1.54, 1.807) is 12.1 Å². The molecule has 1 unspecified atom stereocenters. The van der Waals surface area contributed by atoms with Crippen LogP contribution in [0.5, 0.6) is 0 Å². The third kappa shape index (κ3) is 4.02. The van der Waals surface area contributed by atoms with E-state index in [1.165, 1.54) is 25.9 Å². The number of nitrogens with zero attached hydrogens (tertiary/aromatic N) is 2. The largest absolute Gasteiger partial charge is 0.310 e. The normalized spacial score (nSPS) is 18.9. The Morgan fingerprint density at radius 1 is 1.35 bits per heavy atom. The molecule has 1 saturated heterocycles. The maximum Gasteiger partial charge on any atom is 0.269 e. The van der Waals surface area contributed by atoms with Crippen molar-refractivity contribution in [2.24, 2.45) is 5.92 Å². The van der Waals surface area contributed by atoms with E-state index in [-0.39, 0.29) is 16.7 Å². The van der Waals surface area contributed by atoms with Crippen LogP contribution in [0.2, 0.25) is 0 Å². The minimum absolute atomic E-state index is 0.149. The van der Waals surface area contributed by atoms with Crippen LogP contribution in [0, 0.1) is 16.0 Å². The van der Waals surface area contributed by atoms with Gasteiger partial charge in [-0.2, -0.15) is 0 Å². The van der Waals surface area contributed by atoms with Crippen LogP contribution < -0.4 is 5.32 Å². The monoisotopic (exact) mass is 277 g/mol. The zero-order valence-electron chi connectivity index (χ0n) is 12.2. The lowest BCUT2D eigenvalue weighted by Gasteiger charge is -2.30. The highest BCUT2D eigenvalue weighted by Crippen LogP contribution is 2.19. The number of benzene rings is 1. The molecule has 0 aromatic heterocycles. The summed E-state index contributed by atoms with van der Waals surface area (Å²) in [5, 5.41) is 14.2. The van der Waals surface area contributed by atoms with Gasteiger partial charge in [-0.15, -0.1) is 0 Å². The number of rotatable bonds is 5. The molecular weight excluding hydrogens is 254 g/mol. The first kappa shape index (κ1) is 14.9. The first-order valence-electron chi connectivity index (χ1n) is 7.22. The highest BCUT2D eigenvalue weighted by atomic mass is 16.6. The average molecular weight is 277 g/mol. The number of non-ortho nitro benzene ring substituents is 1. The fraction of sp³-hybridized carbons (Fsp3) is 0.600. The SMILES string of the molecule is CC(NCC1CCN(C)CC1)c1ccc([N+](=O)[O-])cc1. The van der Waals surface area contributed by atoms with Crippen LogP contribution in [0.1, 0.15) is 31.4 Å². The third-order valence-corrected chi connectivity index (χ3v) is 4.15. The summed E-state index contributed by atoms with van der Waals surface area (Å²) in [6.07, 6.45) is 2.49. The van der Waals surface area contributed by atoms with Crippen molar-refractivity contribution in [3.05, 3.63) is 39.9 Å². The van der Waals surface area contributed by atoms with Crippen LogP contribution in [0.3, 0.4) is 0 Å². The van der Waals surface area contributed by atoms with Gasteiger partial charge in [0.15, 0.2) is 0 Å². The molecule has 1 aliphatic heterocycles. The molecule has 0 bridgehead atoms. The van der Waals surface area contributed by atoms with Gasteiger partial charge in [0.05, 0.1) is 4.92 Å². The van der Waals surface area contributed by atoms with Crippen molar-refractivity contribution < 1.29 is 4.92 Å². The van der Waals surface area contributed by atoms with Gasteiger partial charge in [0, 0.05) is 18.2 Å². The molecule has 0 amide bonds. The fourth-order valence-electron chi connectivity index (χ4n) is 2.61. The lowest BCUT2D eigenvalue weighted by Crippen LogP contribution is -2.35. The highest BCUT2D eigenvalue weighted by Gasteiger charge is 2.17. The van der Waals surface area contributed by atoms with Gasteiger partial charge in [-0.3, -0.25) is 10.1 Å². The number of nitro benzene ring substituents is 1. The van der Waals surface area contributed by atoms with Crippen molar-refractivity contribution in [1.29, 1.82) is 0 Å². The Kier molecular flexibility index (Phi) is 5.09. The Morgan fingerprint density at radius 3 is 2.50 bits per heavy atom. The predicted octanol–water partition coefficient (Wildman–Crippen LogP) is 2.59. The summed E-state index contributed by atoms with van der Waals surface area (Å²) >= 11 is 0. The summed E-state index contributed by atoms with van der Waals surface area (Å²) in [7, 11) is 2.17. The first-order valence-corrected chi connectivity index (χ1v) is 7.22. The molecule has 1 aromatic carbocycles. The van der Waals surface area contributed by atoms with Crippen molar-refractivity contribution in [3.8, 4) is 0 Å². The second kappa shape index (κ2) is 6.81. The predicted molar refractivity (Wildman–Crippen MR) is 79.7 cm³/mol. The number of nitrogens with one attached hydrogen (secondary N) is 1. The van der Waals surface area contributed by atoms with Crippen molar-refractivity contribution in [3.63, 3.8) is 0 Å². The topological polar surface area (TPSA) is 58.4 Å². The molecule has 0 aliphatic carbocycles. The summed E-state index contributed by atoms with van der Waals surface area (Å²) in [5.74, 6) is 0.742. The van der Waals surface area contributed by atoms with Gasteiger partial charge in [-0.1, -0.05) is 12.1 Å². The van der Waals surface area contributed by atoms with Gasteiger partial charge in [0.2, 0.25) is 0 Å². The van der Waals surface area contributed by atoms with Crippen LogP contribution in [0.15, 0.2) is 24.3 Å². The van der Waals surface area contributed by atoms with Gasteiger partial charge < -0.3 is 10.2 Å². The zero-order chi connectivity index (χ0) is 14.5. The Balaban J connectivity index is 1.82. The number of hydrogen-bond acceptors (Lipinski definition) is 4. The van der Waals surface area contributed by atoms with E-state index in [1.807, 2.05) is 12.1 Å². The van der Waals surface area contributed by atoms with Crippen molar-refractivity contribution in [2.45, 2.75) is 25.8 Å². The molecular formula is C15H23N3O2. The van der Waals surface area contributed by atoms with E-state index in [9.17, 15) is 10.1 Å². The molecule has 1 fully saturated rings. The molecule has 0 spiro atoms. The molecule has 1 N–H and O–H groups in total. The zero-order valence-corrected chi connectivity index (χ0v) is 12.2. The standard InChI is InChI=1S/C15H23N3O2/c1-12(14-3-5-15(6-4-14)18(19)20)16-11-13-7-9-17(2)10-8-13/h3-6,12-13,16H,7-11H2,1-2H3. The van der Waals surface area contributed by atoms with Gasteiger partial charge in [0.25, 0.3) is 5.69 Å². The Labute approximate surface area is 120 Å². The summed E-state index contributed by atoms with van der Waals surface area (Å²) in [6, 6.07) is 7.05. The van der Waals surface area contributed by atoms with Crippen molar-refractivity contribution in [2.75, 3.05) is 26.7 Å². The van der Waals surface area contributed by atoms with Crippen LogP contribution in [0.4, 0.5) is 5.69 Å². The fourth-order valence-corrected chi connectivity index (χ4v) is 2.61. The van der Waals surface area contributed by atoms with Crippen molar-refractivity contribution >= 4 is 5.69 Å². The van der Waals surface area contributed by atoms with Gasteiger partial charge in [-0.05, 0) is 57.9 Å². The quantitative estimate of drug-likeness (QED) is 0.664. The molecule has 5 nitrogen and oxygen atoms in total. The van der Waals surface area contributed by atoms with E-state index in [0.717, 1.165) is 18.0 Å². The Hall–Kier alpha value is -1.46. The molecule has 0 saturated carbocycles. The summed E-state index contributed by atoms with van der Waals surface area (Å²) < 4.78 is 0.